The van der Waals surface area contributed by atoms with E-state index in [1.165, 1.54) is 0 Å². The van der Waals surface area contributed by atoms with Gasteiger partial charge in [-0.3, -0.25) is 14.9 Å². The Kier molecular flexibility index (Phi) is 7.03. The van der Waals surface area contributed by atoms with Crippen molar-refractivity contribution in [3.8, 4) is 0 Å². The second kappa shape index (κ2) is 8.37. The van der Waals surface area contributed by atoms with E-state index in [1.54, 1.807) is 0 Å². The first-order chi connectivity index (χ1) is 11.5. The van der Waals surface area contributed by atoms with Crippen molar-refractivity contribution in [3.63, 3.8) is 0 Å². The van der Waals surface area contributed by atoms with Gasteiger partial charge in [0.1, 0.15) is 0 Å². The van der Waals surface area contributed by atoms with Gasteiger partial charge in [-0.2, -0.15) is 0 Å². The van der Waals surface area contributed by atoms with E-state index in [1.807, 2.05) is 20.8 Å². The van der Waals surface area contributed by atoms with Gasteiger partial charge >= 0.3 is 0 Å². The van der Waals surface area contributed by atoms with Gasteiger partial charge in [-0.1, -0.05) is 13.8 Å². The standard InChI is InChI=1S/C15H24N4O5S/c1-11(2)15(3,10-16)18-14(20)8-9-17-25(23,24)13-6-4-12(5-7-13)19(21)22/h4-7,11,17H,8-10,16H2,1-3H3,(H,18,20). The molecular weight excluding hydrogens is 348 g/mol. The van der Waals surface area contributed by atoms with E-state index in [-0.39, 0.29) is 41.9 Å². The van der Waals surface area contributed by atoms with Gasteiger partial charge in [-0.25, -0.2) is 13.1 Å². The second-order valence-electron chi connectivity index (χ2n) is 6.22. The Morgan fingerprint density at radius 1 is 1.32 bits per heavy atom. The smallest absolute Gasteiger partial charge is 0.269 e. The van der Waals surface area contributed by atoms with Crippen LogP contribution >= 0.6 is 0 Å². The molecule has 0 aromatic heterocycles. The van der Waals surface area contributed by atoms with Crippen LogP contribution in [0.5, 0.6) is 0 Å². The van der Waals surface area contributed by atoms with Crippen molar-refractivity contribution in [2.45, 2.75) is 37.6 Å². The lowest BCUT2D eigenvalue weighted by Crippen LogP contribution is -2.55. The second-order valence-corrected chi connectivity index (χ2v) is 7.99. The van der Waals surface area contributed by atoms with Crippen LogP contribution in [0.1, 0.15) is 27.2 Å². The first-order valence-corrected chi connectivity index (χ1v) is 9.25. The molecule has 0 spiro atoms. The lowest BCUT2D eigenvalue weighted by molar-refractivity contribution is -0.384. The lowest BCUT2D eigenvalue weighted by Gasteiger charge is -2.33. The molecule has 1 amide bonds. The highest BCUT2D eigenvalue weighted by Crippen LogP contribution is 2.16. The average Bonchev–Trinajstić information content (AvgIpc) is 2.54. The fraction of sp³-hybridized carbons (Fsp3) is 0.533. The molecule has 0 saturated carbocycles. The van der Waals surface area contributed by atoms with Crippen molar-refractivity contribution in [1.82, 2.24) is 10.0 Å². The van der Waals surface area contributed by atoms with Crippen molar-refractivity contribution in [2.24, 2.45) is 11.7 Å². The number of carbonyl (C=O) groups is 1. The summed E-state index contributed by atoms with van der Waals surface area (Å²) in [6, 6.07) is 4.50. The maximum atomic E-state index is 12.1. The number of non-ortho nitro benzene ring substituents is 1. The monoisotopic (exact) mass is 372 g/mol. The molecule has 140 valence electrons. The Morgan fingerprint density at radius 2 is 1.88 bits per heavy atom. The molecule has 1 aromatic rings. The van der Waals surface area contributed by atoms with E-state index in [4.69, 9.17) is 5.73 Å². The molecule has 10 heteroatoms. The maximum Gasteiger partial charge on any atom is 0.269 e. The van der Waals surface area contributed by atoms with Gasteiger partial charge in [0.15, 0.2) is 0 Å². The molecule has 0 saturated heterocycles. The summed E-state index contributed by atoms with van der Waals surface area (Å²) >= 11 is 0. The van der Waals surface area contributed by atoms with Crippen molar-refractivity contribution in [2.75, 3.05) is 13.1 Å². The molecule has 0 aliphatic rings. The summed E-state index contributed by atoms with van der Waals surface area (Å²) in [4.78, 5) is 21.9. The van der Waals surface area contributed by atoms with E-state index in [2.05, 4.69) is 10.0 Å². The van der Waals surface area contributed by atoms with Crippen LogP contribution in [0.15, 0.2) is 29.2 Å². The van der Waals surface area contributed by atoms with Gasteiger partial charge in [0.2, 0.25) is 15.9 Å². The highest BCUT2D eigenvalue weighted by Gasteiger charge is 2.28. The Hall–Kier alpha value is -2.04. The topological polar surface area (TPSA) is 144 Å². The number of hydrogen-bond donors (Lipinski definition) is 3. The minimum absolute atomic E-state index is 0.0471. The number of nitrogens with two attached hydrogens (primary N) is 1. The summed E-state index contributed by atoms with van der Waals surface area (Å²) in [5, 5.41) is 13.4. The van der Waals surface area contributed by atoms with E-state index in [9.17, 15) is 23.3 Å². The predicted octanol–water partition coefficient (Wildman–Crippen LogP) is 0.753. The summed E-state index contributed by atoms with van der Waals surface area (Å²) in [5.41, 5.74) is 4.93. The minimum Gasteiger partial charge on any atom is -0.349 e. The number of nitro benzene ring substituents is 1. The molecule has 4 N–H and O–H groups in total. The van der Waals surface area contributed by atoms with Crippen molar-refractivity contribution < 1.29 is 18.1 Å². The van der Waals surface area contributed by atoms with Gasteiger partial charge < -0.3 is 11.1 Å². The lowest BCUT2D eigenvalue weighted by atomic mass is 9.88. The minimum atomic E-state index is -3.84. The summed E-state index contributed by atoms with van der Waals surface area (Å²) in [5.74, 6) is -0.189. The predicted molar refractivity (Wildman–Crippen MR) is 93.3 cm³/mol. The van der Waals surface area contributed by atoms with Gasteiger partial charge in [0.05, 0.1) is 15.4 Å². The van der Waals surface area contributed by atoms with Crippen LogP contribution in [0.2, 0.25) is 0 Å². The Morgan fingerprint density at radius 3 is 2.32 bits per heavy atom. The number of hydrogen-bond acceptors (Lipinski definition) is 6. The van der Waals surface area contributed by atoms with Crippen LogP contribution in [0.4, 0.5) is 5.69 Å². The molecule has 0 heterocycles. The Bertz CT molecular complexity index is 718. The Labute approximate surface area is 147 Å². The fourth-order valence-corrected chi connectivity index (χ4v) is 2.97. The van der Waals surface area contributed by atoms with Gasteiger partial charge in [-0.15, -0.1) is 0 Å². The fourth-order valence-electron chi connectivity index (χ4n) is 1.94. The molecule has 1 rings (SSSR count). The molecule has 25 heavy (non-hydrogen) atoms. The third kappa shape index (κ3) is 5.76. The number of nitrogens with zero attached hydrogens (tertiary/aromatic N) is 1. The molecule has 0 bridgehead atoms. The van der Waals surface area contributed by atoms with Crippen LogP contribution in [-0.2, 0) is 14.8 Å². The van der Waals surface area contributed by atoms with Crippen LogP contribution < -0.4 is 15.8 Å². The van der Waals surface area contributed by atoms with E-state index in [0.717, 1.165) is 24.3 Å². The molecule has 0 radical (unpaired) electrons. The molecule has 0 fully saturated rings. The zero-order valence-corrected chi connectivity index (χ0v) is 15.3. The van der Waals surface area contributed by atoms with Crippen LogP contribution in [-0.4, -0.2) is 37.9 Å². The van der Waals surface area contributed by atoms with Crippen LogP contribution in [0.25, 0.3) is 0 Å². The summed E-state index contributed by atoms with van der Waals surface area (Å²) in [7, 11) is -3.84. The molecule has 1 aromatic carbocycles. The summed E-state index contributed by atoms with van der Waals surface area (Å²) < 4.78 is 26.5. The van der Waals surface area contributed by atoms with Crippen LogP contribution in [0.3, 0.4) is 0 Å². The number of nitro groups is 1. The Balaban J connectivity index is 2.62. The third-order valence-electron chi connectivity index (χ3n) is 4.13. The molecule has 9 nitrogen and oxygen atoms in total. The van der Waals surface area contributed by atoms with E-state index >= 15 is 0 Å². The third-order valence-corrected chi connectivity index (χ3v) is 5.60. The van der Waals surface area contributed by atoms with E-state index in [0.29, 0.717) is 0 Å². The maximum absolute atomic E-state index is 12.1. The molecule has 1 atom stereocenters. The van der Waals surface area contributed by atoms with Crippen molar-refractivity contribution in [1.29, 1.82) is 0 Å². The van der Waals surface area contributed by atoms with Crippen molar-refractivity contribution in [3.05, 3.63) is 34.4 Å². The highest BCUT2D eigenvalue weighted by molar-refractivity contribution is 7.89. The highest BCUT2D eigenvalue weighted by atomic mass is 32.2. The first kappa shape index (κ1) is 21.0. The zero-order chi connectivity index (χ0) is 19.3. The van der Waals surface area contributed by atoms with Crippen LogP contribution in [0, 0.1) is 16.0 Å². The normalized spacial score (nSPS) is 14.1. The van der Waals surface area contributed by atoms with Gasteiger partial charge in [0.25, 0.3) is 5.69 Å². The molecule has 0 aliphatic heterocycles. The SMILES string of the molecule is CC(C)C(C)(CN)NC(=O)CCNS(=O)(=O)c1ccc([N+](=O)[O-])cc1. The number of amides is 1. The first-order valence-electron chi connectivity index (χ1n) is 7.77. The number of sulfonamides is 1. The molecular formula is C15H24N4O5S. The summed E-state index contributed by atoms with van der Waals surface area (Å²) in [6.45, 7) is 5.88. The molecule has 0 aliphatic carbocycles. The van der Waals surface area contributed by atoms with Gasteiger partial charge in [0, 0.05) is 31.6 Å². The summed E-state index contributed by atoms with van der Waals surface area (Å²) in [6.07, 6.45) is -0.0471. The number of carbonyl (C=O) groups excluding carboxylic acids is 1. The molecule has 1 unspecified atom stereocenters. The number of rotatable bonds is 9. The van der Waals surface area contributed by atoms with Gasteiger partial charge in [-0.05, 0) is 25.0 Å². The van der Waals surface area contributed by atoms with Crippen molar-refractivity contribution >= 4 is 21.6 Å². The largest absolute Gasteiger partial charge is 0.349 e. The number of nitrogens with one attached hydrogen (secondary N) is 2. The zero-order valence-electron chi connectivity index (χ0n) is 14.5. The quantitative estimate of drug-likeness (QED) is 0.431. The van der Waals surface area contributed by atoms with E-state index < -0.39 is 20.5 Å². The number of benzene rings is 1. The average molecular weight is 372 g/mol.